The first-order valence-electron chi connectivity index (χ1n) is 3.83. The highest BCUT2D eigenvalue weighted by Crippen LogP contribution is 2.34. The van der Waals surface area contributed by atoms with Crippen LogP contribution in [0.1, 0.15) is 5.69 Å². The highest BCUT2D eigenvalue weighted by atomic mass is 19.4. The summed E-state index contributed by atoms with van der Waals surface area (Å²) >= 11 is 0. The van der Waals surface area contributed by atoms with Gasteiger partial charge in [-0.2, -0.15) is 18.3 Å². The molecule has 6 heteroatoms. The molecule has 2 N–H and O–H groups in total. The fraction of sp³-hybridized carbons (Fsp3) is 0.125. The van der Waals surface area contributed by atoms with Crippen LogP contribution < -0.4 is 0 Å². The van der Waals surface area contributed by atoms with E-state index in [4.69, 9.17) is 0 Å². The van der Waals surface area contributed by atoms with Gasteiger partial charge in [-0.15, -0.1) is 0 Å². The van der Waals surface area contributed by atoms with Crippen molar-refractivity contribution >= 4 is 0 Å². The normalized spacial score (nSPS) is 11.9. The Hall–Kier alpha value is -1.72. The van der Waals surface area contributed by atoms with Crippen LogP contribution in [0.2, 0.25) is 0 Å². The lowest BCUT2D eigenvalue weighted by Gasteiger charge is -2.04. The molecule has 0 amide bonds. The summed E-state index contributed by atoms with van der Waals surface area (Å²) in [6.45, 7) is 0. The minimum atomic E-state index is -4.40. The summed E-state index contributed by atoms with van der Waals surface area (Å²) in [5, 5.41) is 5.33. The van der Waals surface area contributed by atoms with Crippen molar-refractivity contribution in [1.82, 2.24) is 15.2 Å². The molecule has 0 aliphatic carbocycles. The standard InChI is InChI=1S/C8H6F3N3/c9-8(10,11)7-6(4-13-14-7)5-1-2-12-3-5/h1-4,12H,(H,13,14). The highest BCUT2D eigenvalue weighted by molar-refractivity contribution is 5.64. The van der Waals surface area contributed by atoms with Gasteiger partial charge in [0.05, 0.1) is 6.20 Å². The number of aromatic amines is 2. The van der Waals surface area contributed by atoms with Gasteiger partial charge in [0.25, 0.3) is 0 Å². The van der Waals surface area contributed by atoms with Crippen LogP contribution >= 0.6 is 0 Å². The van der Waals surface area contributed by atoms with E-state index < -0.39 is 11.9 Å². The zero-order valence-electron chi connectivity index (χ0n) is 6.89. The molecule has 0 aromatic carbocycles. The van der Waals surface area contributed by atoms with Gasteiger partial charge in [-0.1, -0.05) is 0 Å². The molecule has 2 heterocycles. The molecule has 0 fully saturated rings. The third kappa shape index (κ3) is 1.39. The average Bonchev–Trinajstić information content (AvgIpc) is 2.73. The SMILES string of the molecule is FC(F)(F)c1[nH]ncc1-c1cc[nH]c1. The molecular formula is C8H6F3N3. The Morgan fingerprint density at radius 2 is 2.07 bits per heavy atom. The second kappa shape index (κ2) is 2.90. The Kier molecular flexibility index (Phi) is 1.83. The summed E-state index contributed by atoms with van der Waals surface area (Å²) in [5.41, 5.74) is -0.304. The topological polar surface area (TPSA) is 44.5 Å². The Morgan fingerprint density at radius 1 is 1.29 bits per heavy atom. The lowest BCUT2D eigenvalue weighted by atomic mass is 10.1. The lowest BCUT2D eigenvalue weighted by molar-refractivity contribution is -0.140. The molecule has 2 aromatic heterocycles. The van der Waals surface area contributed by atoms with Crippen molar-refractivity contribution in [3.8, 4) is 11.1 Å². The van der Waals surface area contributed by atoms with Crippen molar-refractivity contribution in [3.63, 3.8) is 0 Å². The summed E-state index contributed by atoms with van der Waals surface area (Å²) < 4.78 is 37.2. The van der Waals surface area contributed by atoms with Crippen LogP contribution in [0.15, 0.2) is 24.7 Å². The van der Waals surface area contributed by atoms with E-state index >= 15 is 0 Å². The Bertz CT molecular complexity index is 413. The summed E-state index contributed by atoms with van der Waals surface area (Å²) in [7, 11) is 0. The van der Waals surface area contributed by atoms with E-state index in [2.05, 4.69) is 10.1 Å². The van der Waals surface area contributed by atoms with Gasteiger partial charge < -0.3 is 4.98 Å². The van der Waals surface area contributed by atoms with Crippen molar-refractivity contribution in [3.05, 3.63) is 30.4 Å². The predicted molar refractivity (Wildman–Crippen MR) is 43.4 cm³/mol. The first-order chi connectivity index (χ1) is 6.59. The van der Waals surface area contributed by atoms with Crippen LogP contribution in [-0.2, 0) is 6.18 Å². The van der Waals surface area contributed by atoms with E-state index in [-0.39, 0.29) is 5.56 Å². The van der Waals surface area contributed by atoms with Gasteiger partial charge in [-0.3, -0.25) is 5.10 Å². The number of nitrogens with zero attached hydrogens (tertiary/aromatic N) is 1. The second-order valence-corrected chi connectivity index (χ2v) is 2.76. The van der Waals surface area contributed by atoms with Gasteiger partial charge in [0.1, 0.15) is 5.69 Å². The number of rotatable bonds is 1. The van der Waals surface area contributed by atoms with Gasteiger partial charge in [-0.25, -0.2) is 0 Å². The molecule has 14 heavy (non-hydrogen) atoms. The number of alkyl halides is 3. The first kappa shape index (κ1) is 8.86. The molecule has 0 saturated heterocycles. The quantitative estimate of drug-likeness (QED) is 0.731. The average molecular weight is 201 g/mol. The second-order valence-electron chi connectivity index (χ2n) is 2.76. The zero-order chi connectivity index (χ0) is 10.2. The summed E-state index contributed by atoms with van der Waals surface area (Å²) in [6, 6.07) is 1.56. The Labute approximate surface area is 77.0 Å². The van der Waals surface area contributed by atoms with Gasteiger partial charge >= 0.3 is 6.18 Å². The van der Waals surface area contributed by atoms with E-state index in [1.165, 1.54) is 6.20 Å². The third-order valence-electron chi connectivity index (χ3n) is 1.83. The van der Waals surface area contributed by atoms with Gasteiger partial charge in [-0.05, 0) is 6.07 Å². The number of aromatic nitrogens is 3. The van der Waals surface area contributed by atoms with Crippen LogP contribution in [0.4, 0.5) is 13.2 Å². The van der Waals surface area contributed by atoms with Crippen LogP contribution in [0.5, 0.6) is 0 Å². The fourth-order valence-corrected chi connectivity index (χ4v) is 1.21. The molecule has 0 aliphatic rings. The molecular weight excluding hydrogens is 195 g/mol. The zero-order valence-corrected chi connectivity index (χ0v) is 6.89. The largest absolute Gasteiger partial charge is 0.433 e. The first-order valence-corrected chi connectivity index (χ1v) is 3.83. The Morgan fingerprint density at radius 3 is 2.64 bits per heavy atom. The van der Waals surface area contributed by atoms with Crippen LogP contribution in [0.3, 0.4) is 0 Å². The maximum atomic E-state index is 12.4. The monoisotopic (exact) mass is 201 g/mol. The summed E-state index contributed by atoms with van der Waals surface area (Å²) in [5.74, 6) is 0. The molecule has 0 bridgehead atoms. The van der Waals surface area contributed by atoms with Crippen molar-refractivity contribution in [1.29, 1.82) is 0 Å². The van der Waals surface area contributed by atoms with Gasteiger partial charge in [0.2, 0.25) is 0 Å². The maximum absolute atomic E-state index is 12.4. The molecule has 0 atom stereocenters. The Balaban J connectivity index is 2.51. The molecule has 2 rings (SSSR count). The van der Waals surface area contributed by atoms with Gasteiger partial charge in [0.15, 0.2) is 0 Å². The van der Waals surface area contributed by atoms with Crippen LogP contribution in [-0.4, -0.2) is 15.2 Å². The maximum Gasteiger partial charge on any atom is 0.433 e. The predicted octanol–water partition coefficient (Wildman–Crippen LogP) is 2.42. The van der Waals surface area contributed by atoms with Gasteiger partial charge in [0, 0.05) is 23.5 Å². The van der Waals surface area contributed by atoms with Crippen molar-refractivity contribution in [2.45, 2.75) is 6.18 Å². The smallest absolute Gasteiger partial charge is 0.367 e. The summed E-state index contributed by atoms with van der Waals surface area (Å²) in [4.78, 5) is 2.69. The van der Waals surface area contributed by atoms with E-state index in [1.54, 1.807) is 12.3 Å². The third-order valence-corrected chi connectivity index (χ3v) is 1.83. The van der Waals surface area contributed by atoms with E-state index in [1.807, 2.05) is 5.10 Å². The molecule has 0 unspecified atom stereocenters. The molecule has 3 nitrogen and oxygen atoms in total. The number of nitrogens with one attached hydrogen (secondary N) is 2. The van der Waals surface area contributed by atoms with E-state index in [0.29, 0.717) is 5.56 Å². The number of hydrogen-bond acceptors (Lipinski definition) is 1. The number of hydrogen-bond donors (Lipinski definition) is 2. The van der Waals surface area contributed by atoms with Crippen molar-refractivity contribution < 1.29 is 13.2 Å². The fourth-order valence-electron chi connectivity index (χ4n) is 1.21. The minimum Gasteiger partial charge on any atom is -0.367 e. The molecule has 0 saturated carbocycles. The van der Waals surface area contributed by atoms with E-state index in [0.717, 1.165) is 6.20 Å². The number of H-pyrrole nitrogens is 2. The van der Waals surface area contributed by atoms with Crippen LogP contribution in [0.25, 0.3) is 11.1 Å². The minimum absolute atomic E-state index is 0.0544. The van der Waals surface area contributed by atoms with E-state index in [9.17, 15) is 13.2 Å². The van der Waals surface area contributed by atoms with Crippen molar-refractivity contribution in [2.75, 3.05) is 0 Å². The molecule has 0 aliphatic heterocycles. The van der Waals surface area contributed by atoms with Crippen molar-refractivity contribution in [2.24, 2.45) is 0 Å². The summed E-state index contributed by atoms with van der Waals surface area (Å²) in [6.07, 6.45) is -0.197. The molecule has 0 radical (unpaired) electrons. The van der Waals surface area contributed by atoms with Crippen LogP contribution in [0, 0.1) is 0 Å². The molecule has 0 spiro atoms. The highest BCUT2D eigenvalue weighted by Gasteiger charge is 2.35. The lowest BCUT2D eigenvalue weighted by Crippen LogP contribution is -2.06. The molecule has 2 aromatic rings. The molecule has 74 valence electrons. The number of halogens is 3.